The lowest BCUT2D eigenvalue weighted by Crippen LogP contribution is -2.43. The summed E-state index contributed by atoms with van der Waals surface area (Å²) in [7, 11) is 0. The van der Waals surface area contributed by atoms with Gasteiger partial charge in [0.2, 0.25) is 0 Å². The topological polar surface area (TPSA) is 142 Å². The molecule has 0 aliphatic carbocycles. The Kier molecular flexibility index (Phi) is 8.09. The van der Waals surface area contributed by atoms with Crippen LogP contribution in [-0.2, 0) is 22.7 Å². The van der Waals surface area contributed by atoms with Crippen LogP contribution >= 0.6 is 0 Å². The van der Waals surface area contributed by atoms with E-state index < -0.39 is 23.8 Å². The number of imidazole rings is 1. The van der Waals surface area contributed by atoms with Crippen molar-refractivity contribution in [2.45, 2.75) is 51.3 Å². The number of benzene rings is 2. The lowest BCUT2D eigenvalue weighted by molar-refractivity contribution is -0.137. The molecular weight excluding hydrogens is 512 g/mol. The Morgan fingerprint density at radius 2 is 1.82 bits per heavy atom. The summed E-state index contributed by atoms with van der Waals surface area (Å²) in [5.41, 5.74) is 3.08. The van der Waals surface area contributed by atoms with E-state index in [0.717, 1.165) is 53.9 Å². The zero-order valence-electron chi connectivity index (χ0n) is 22.2. The van der Waals surface area contributed by atoms with Gasteiger partial charge in [-0.05, 0) is 37.5 Å². The van der Waals surface area contributed by atoms with E-state index in [2.05, 4.69) is 20.2 Å². The lowest BCUT2D eigenvalue weighted by Gasteiger charge is -2.33. The number of aliphatic carboxylic acids is 1. The molecule has 40 heavy (non-hydrogen) atoms. The molecule has 5 rings (SSSR count). The van der Waals surface area contributed by atoms with E-state index in [-0.39, 0.29) is 19.6 Å². The molecule has 0 spiro atoms. The number of H-pyrrole nitrogens is 1. The number of rotatable bonds is 9. The molecule has 1 aliphatic heterocycles. The lowest BCUT2D eigenvalue weighted by atomic mass is 9.96. The number of alkyl carbamates (subject to hydrolysis) is 1. The monoisotopic (exact) mass is 544 g/mol. The predicted octanol–water partition coefficient (Wildman–Crippen LogP) is 3.58. The van der Waals surface area contributed by atoms with Gasteiger partial charge in [0, 0.05) is 37.3 Å². The second-order valence-electron chi connectivity index (χ2n) is 10.1. The summed E-state index contributed by atoms with van der Waals surface area (Å²) in [4.78, 5) is 51.4. The van der Waals surface area contributed by atoms with Crippen molar-refractivity contribution in [2.24, 2.45) is 0 Å². The highest BCUT2D eigenvalue weighted by molar-refractivity contribution is 5.75. The van der Waals surface area contributed by atoms with Crippen LogP contribution in [-0.4, -0.2) is 55.8 Å². The Hall–Kier alpha value is -4.67. The highest BCUT2D eigenvalue weighted by atomic mass is 16.5. The van der Waals surface area contributed by atoms with Crippen molar-refractivity contribution < 1.29 is 19.4 Å². The van der Waals surface area contributed by atoms with E-state index in [1.165, 1.54) is 4.57 Å². The molecule has 2 aromatic heterocycles. The number of carbonyl (C=O) groups is 2. The first-order valence-corrected chi connectivity index (χ1v) is 13.3. The third-order valence-corrected chi connectivity index (χ3v) is 7.11. The van der Waals surface area contributed by atoms with Crippen LogP contribution in [0.3, 0.4) is 0 Å². The molecule has 0 bridgehead atoms. The minimum atomic E-state index is -1.10. The van der Waals surface area contributed by atoms with Crippen molar-refractivity contribution >= 4 is 28.9 Å². The Labute approximate surface area is 230 Å². The fraction of sp³-hybridized carbons (Fsp3) is 0.345. The Morgan fingerprint density at radius 3 is 2.55 bits per heavy atom. The number of aryl methyl sites for hydroxylation is 1. The molecule has 1 saturated heterocycles. The van der Waals surface area contributed by atoms with Gasteiger partial charge in [-0.2, -0.15) is 4.98 Å². The molecule has 11 nitrogen and oxygen atoms in total. The van der Waals surface area contributed by atoms with E-state index in [4.69, 9.17) is 9.72 Å². The molecule has 0 unspecified atom stereocenters. The number of aromatic amines is 1. The summed E-state index contributed by atoms with van der Waals surface area (Å²) >= 11 is 0. The van der Waals surface area contributed by atoms with Crippen LogP contribution in [0.15, 0.2) is 65.6 Å². The van der Waals surface area contributed by atoms with Gasteiger partial charge in [0.05, 0.1) is 23.5 Å². The number of nitrogens with one attached hydrogen (secondary N) is 2. The average Bonchev–Trinajstić information content (AvgIpc) is 3.38. The fourth-order valence-corrected chi connectivity index (χ4v) is 5.11. The van der Waals surface area contributed by atoms with Gasteiger partial charge in [-0.3, -0.25) is 9.36 Å². The van der Waals surface area contributed by atoms with Gasteiger partial charge < -0.3 is 25.0 Å². The summed E-state index contributed by atoms with van der Waals surface area (Å²) in [6.45, 7) is 3.34. The SMILES string of the molecule is Cc1cn(C[C@@H](CC(=O)O)NC(=O)OCc2ccccc2)c(=O)nc1N1CCC(c2nc3ccccc3[nH]2)CC1. The van der Waals surface area contributed by atoms with Gasteiger partial charge in [0.1, 0.15) is 18.2 Å². The van der Waals surface area contributed by atoms with Crippen LogP contribution in [0.25, 0.3) is 11.0 Å². The Morgan fingerprint density at radius 1 is 1.10 bits per heavy atom. The number of hydrogen-bond donors (Lipinski definition) is 3. The zero-order chi connectivity index (χ0) is 28.1. The molecule has 1 atom stereocenters. The Balaban J connectivity index is 1.21. The number of nitrogens with zero attached hydrogens (tertiary/aromatic N) is 4. The number of para-hydroxylation sites is 2. The number of hydrogen-bond acceptors (Lipinski definition) is 7. The average molecular weight is 545 g/mol. The standard InChI is InChI=1S/C29H32N6O5/c1-19-16-35(17-22(15-25(36)37)30-29(39)40-18-20-7-3-2-4-8-20)28(38)33-27(19)34-13-11-21(12-14-34)26-31-23-9-5-6-10-24(23)32-26/h2-10,16,21-22H,11-15,17-18H2,1H3,(H,30,39)(H,31,32)(H,36,37)/t22-/m1/s1. The number of aromatic nitrogens is 4. The molecule has 0 saturated carbocycles. The maximum Gasteiger partial charge on any atom is 0.407 e. The molecule has 1 amide bonds. The van der Waals surface area contributed by atoms with Crippen LogP contribution in [0.1, 0.15) is 42.1 Å². The van der Waals surface area contributed by atoms with Crippen molar-refractivity contribution in [1.82, 2.24) is 24.8 Å². The van der Waals surface area contributed by atoms with Crippen LogP contribution in [0, 0.1) is 6.92 Å². The normalized spacial score (nSPS) is 14.7. The first kappa shape index (κ1) is 26.9. The van der Waals surface area contributed by atoms with E-state index in [9.17, 15) is 19.5 Å². The maximum absolute atomic E-state index is 13.0. The molecule has 0 radical (unpaired) electrons. The molecule has 3 N–H and O–H groups in total. The van der Waals surface area contributed by atoms with Crippen LogP contribution < -0.4 is 15.9 Å². The highest BCUT2D eigenvalue weighted by Gasteiger charge is 2.26. The smallest absolute Gasteiger partial charge is 0.407 e. The van der Waals surface area contributed by atoms with E-state index in [1.807, 2.05) is 61.5 Å². The molecule has 3 heterocycles. The fourth-order valence-electron chi connectivity index (χ4n) is 5.11. The van der Waals surface area contributed by atoms with E-state index in [0.29, 0.717) is 11.7 Å². The van der Waals surface area contributed by atoms with Crippen molar-refractivity contribution in [1.29, 1.82) is 0 Å². The maximum atomic E-state index is 13.0. The van der Waals surface area contributed by atoms with Crippen LogP contribution in [0.4, 0.5) is 10.6 Å². The number of ether oxygens (including phenoxy) is 1. The second kappa shape index (κ2) is 12.0. The van der Waals surface area contributed by atoms with E-state index >= 15 is 0 Å². The minimum absolute atomic E-state index is 0.0478. The van der Waals surface area contributed by atoms with Gasteiger partial charge in [0.25, 0.3) is 0 Å². The Bertz CT molecular complexity index is 1510. The van der Waals surface area contributed by atoms with Crippen molar-refractivity contribution in [3.8, 4) is 0 Å². The minimum Gasteiger partial charge on any atom is -0.481 e. The molecular formula is C29H32N6O5. The number of carbonyl (C=O) groups excluding carboxylic acids is 1. The number of anilines is 1. The summed E-state index contributed by atoms with van der Waals surface area (Å²) < 4.78 is 6.57. The number of amides is 1. The van der Waals surface area contributed by atoms with Gasteiger partial charge in [0.15, 0.2) is 0 Å². The highest BCUT2D eigenvalue weighted by Crippen LogP contribution is 2.30. The zero-order valence-corrected chi connectivity index (χ0v) is 22.2. The van der Waals surface area contributed by atoms with Gasteiger partial charge in [-0.15, -0.1) is 0 Å². The van der Waals surface area contributed by atoms with Gasteiger partial charge >= 0.3 is 17.8 Å². The molecule has 1 aliphatic rings. The van der Waals surface area contributed by atoms with Crippen molar-refractivity contribution in [3.63, 3.8) is 0 Å². The third kappa shape index (κ3) is 6.48. The predicted molar refractivity (Wildman–Crippen MR) is 149 cm³/mol. The van der Waals surface area contributed by atoms with Gasteiger partial charge in [-0.25, -0.2) is 14.6 Å². The molecule has 4 aromatic rings. The molecule has 1 fully saturated rings. The number of carboxylic acid groups (broad SMARTS) is 1. The van der Waals surface area contributed by atoms with Crippen LogP contribution in [0.2, 0.25) is 0 Å². The molecule has 2 aromatic carbocycles. The first-order valence-electron chi connectivity index (χ1n) is 13.3. The second-order valence-corrected chi connectivity index (χ2v) is 10.1. The largest absolute Gasteiger partial charge is 0.481 e. The quantitative estimate of drug-likeness (QED) is 0.290. The van der Waals surface area contributed by atoms with Gasteiger partial charge in [-0.1, -0.05) is 42.5 Å². The summed E-state index contributed by atoms with van der Waals surface area (Å²) in [5, 5.41) is 11.9. The number of fused-ring (bicyclic) bond motifs is 1. The number of carboxylic acids is 1. The van der Waals surface area contributed by atoms with Crippen molar-refractivity contribution in [3.05, 3.63) is 88.2 Å². The third-order valence-electron chi connectivity index (χ3n) is 7.11. The molecule has 11 heteroatoms. The summed E-state index contributed by atoms with van der Waals surface area (Å²) in [6, 6.07) is 16.3. The van der Waals surface area contributed by atoms with E-state index in [1.54, 1.807) is 6.20 Å². The first-order chi connectivity index (χ1) is 19.4. The summed E-state index contributed by atoms with van der Waals surface area (Å²) in [6.07, 6.45) is 2.29. The molecule has 208 valence electrons. The van der Waals surface area contributed by atoms with Crippen molar-refractivity contribution in [2.75, 3.05) is 18.0 Å². The summed E-state index contributed by atoms with van der Waals surface area (Å²) in [5.74, 6) is 0.804. The number of piperidine rings is 1. The van der Waals surface area contributed by atoms with Crippen LogP contribution in [0.5, 0.6) is 0 Å².